The number of nitro groups is 2. The Morgan fingerprint density at radius 2 is 1.92 bits per heavy atom. The van der Waals surface area contributed by atoms with Crippen LogP contribution < -0.4 is 14.9 Å². The quantitative estimate of drug-likeness (QED) is 0.292. The summed E-state index contributed by atoms with van der Waals surface area (Å²) in [4.78, 5) is 52.8. The fourth-order valence-electron chi connectivity index (χ4n) is 4.01. The summed E-state index contributed by atoms with van der Waals surface area (Å²) in [7, 11) is 0. The predicted octanol–water partition coefficient (Wildman–Crippen LogP) is 2.63. The molecule has 1 aromatic heterocycles. The Labute approximate surface area is 212 Å². The van der Waals surface area contributed by atoms with Crippen molar-refractivity contribution in [2.24, 2.45) is 4.99 Å². The van der Waals surface area contributed by atoms with Gasteiger partial charge in [-0.15, -0.1) is 0 Å². The van der Waals surface area contributed by atoms with Crippen molar-refractivity contribution in [1.29, 1.82) is 0 Å². The van der Waals surface area contributed by atoms with E-state index >= 15 is 0 Å². The number of aromatic hydroxyl groups is 1. The van der Waals surface area contributed by atoms with Gasteiger partial charge in [0.25, 0.3) is 16.9 Å². The summed E-state index contributed by atoms with van der Waals surface area (Å²) in [5.41, 5.74) is 0.0256. The highest BCUT2D eigenvalue weighted by Gasteiger charge is 2.34. The smallest absolute Gasteiger partial charge is 0.338 e. The Morgan fingerprint density at radius 3 is 2.57 bits per heavy atom. The zero-order chi connectivity index (χ0) is 27.0. The summed E-state index contributed by atoms with van der Waals surface area (Å²) in [6, 6.07) is 6.77. The van der Waals surface area contributed by atoms with Crippen LogP contribution in [-0.2, 0) is 9.53 Å². The molecule has 0 unspecified atom stereocenters. The number of carbonyl (C=O) groups excluding carboxylic acids is 1. The summed E-state index contributed by atoms with van der Waals surface area (Å²) in [5, 5.41) is 33.0. The zero-order valence-corrected chi connectivity index (χ0v) is 20.6. The third kappa shape index (κ3) is 4.63. The van der Waals surface area contributed by atoms with E-state index in [-0.39, 0.29) is 49.9 Å². The number of ether oxygens (including phenoxy) is 1. The Morgan fingerprint density at radius 1 is 1.19 bits per heavy atom. The van der Waals surface area contributed by atoms with Gasteiger partial charge in [-0.25, -0.2) is 9.79 Å². The van der Waals surface area contributed by atoms with Gasteiger partial charge in [0.2, 0.25) is 0 Å². The first-order valence-electron chi connectivity index (χ1n) is 11.0. The van der Waals surface area contributed by atoms with Crippen molar-refractivity contribution in [2.75, 3.05) is 6.61 Å². The van der Waals surface area contributed by atoms with Crippen LogP contribution in [0.3, 0.4) is 0 Å². The molecule has 4 rings (SSSR count). The maximum Gasteiger partial charge on any atom is 0.338 e. The summed E-state index contributed by atoms with van der Waals surface area (Å²) in [6.07, 6.45) is 1.30. The Balaban J connectivity index is 2.00. The molecule has 2 aromatic carbocycles. The number of carbonyl (C=O) groups is 1. The number of thiazole rings is 1. The molecule has 2 heterocycles. The van der Waals surface area contributed by atoms with Crippen LogP contribution in [0, 0.1) is 27.2 Å². The van der Waals surface area contributed by atoms with Crippen LogP contribution in [0.25, 0.3) is 6.08 Å². The van der Waals surface area contributed by atoms with E-state index in [4.69, 9.17) is 4.74 Å². The second-order valence-electron chi connectivity index (χ2n) is 8.11. The second-order valence-corrected chi connectivity index (χ2v) is 9.11. The third-order valence-electron chi connectivity index (χ3n) is 5.77. The first kappa shape index (κ1) is 25.4. The highest BCUT2D eigenvalue weighted by molar-refractivity contribution is 7.07. The van der Waals surface area contributed by atoms with E-state index in [2.05, 4.69) is 4.99 Å². The van der Waals surface area contributed by atoms with E-state index < -0.39 is 27.4 Å². The number of hydrogen-bond donors (Lipinski definition) is 1. The van der Waals surface area contributed by atoms with Crippen LogP contribution in [-0.4, -0.2) is 32.1 Å². The number of aromatic nitrogens is 1. The molecule has 1 atom stereocenters. The molecule has 3 aromatic rings. The number of hydrogen-bond acceptors (Lipinski definition) is 10. The van der Waals surface area contributed by atoms with Gasteiger partial charge in [0.05, 0.1) is 38.3 Å². The highest BCUT2D eigenvalue weighted by Crippen LogP contribution is 2.33. The van der Waals surface area contributed by atoms with Crippen molar-refractivity contribution >= 4 is 34.8 Å². The van der Waals surface area contributed by atoms with Gasteiger partial charge in [-0.05, 0) is 38.5 Å². The Kier molecular flexibility index (Phi) is 6.72. The van der Waals surface area contributed by atoms with Gasteiger partial charge >= 0.3 is 5.97 Å². The minimum Gasteiger partial charge on any atom is -0.507 e. The molecular weight excluding hydrogens is 504 g/mol. The number of nitro benzene ring substituents is 2. The van der Waals surface area contributed by atoms with E-state index in [9.17, 15) is 34.9 Å². The van der Waals surface area contributed by atoms with Crippen LogP contribution in [0.4, 0.5) is 11.4 Å². The van der Waals surface area contributed by atoms with E-state index in [1.54, 1.807) is 26.8 Å². The number of rotatable bonds is 6. The van der Waals surface area contributed by atoms with Gasteiger partial charge in [0.15, 0.2) is 4.80 Å². The molecule has 0 saturated heterocycles. The monoisotopic (exact) mass is 524 g/mol. The lowest BCUT2D eigenvalue weighted by atomic mass is 9.94. The summed E-state index contributed by atoms with van der Waals surface area (Å²) in [5.74, 6) is -0.992. The van der Waals surface area contributed by atoms with Gasteiger partial charge in [-0.3, -0.25) is 29.6 Å². The van der Waals surface area contributed by atoms with Crippen LogP contribution in [0.5, 0.6) is 5.75 Å². The molecule has 0 saturated carbocycles. The molecule has 0 spiro atoms. The lowest BCUT2D eigenvalue weighted by Crippen LogP contribution is -2.40. The second kappa shape index (κ2) is 9.78. The average molecular weight is 525 g/mol. The largest absolute Gasteiger partial charge is 0.507 e. The van der Waals surface area contributed by atoms with Crippen molar-refractivity contribution in [2.45, 2.75) is 26.8 Å². The Hall–Kier alpha value is -4.65. The SMILES string of the molecule is CCOC(=O)C1=C(C)N=c2s/c(=C/c3cc([N+](=O)[O-])ccc3O)c(=O)n2[C@@H]1c1ccc(C)c([N+](=O)[O-])c1. The molecule has 0 radical (unpaired) electrons. The number of phenolic OH excluding ortho intramolecular Hbond substituents is 1. The molecule has 37 heavy (non-hydrogen) atoms. The van der Waals surface area contributed by atoms with E-state index in [0.29, 0.717) is 11.1 Å². The molecule has 0 fully saturated rings. The van der Waals surface area contributed by atoms with E-state index in [1.165, 1.54) is 22.8 Å². The number of esters is 1. The summed E-state index contributed by atoms with van der Waals surface area (Å²) >= 11 is 0.950. The molecular formula is C24H20N4O8S. The number of non-ortho nitro benzene ring substituents is 1. The third-order valence-corrected chi connectivity index (χ3v) is 6.75. The Bertz CT molecular complexity index is 1690. The van der Waals surface area contributed by atoms with Gasteiger partial charge < -0.3 is 9.84 Å². The number of allylic oxidation sites excluding steroid dienone is 1. The maximum atomic E-state index is 13.6. The van der Waals surface area contributed by atoms with Gasteiger partial charge in [0, 0.05) is 29.3 Å². The van der Waals surface area contributed by atoms with Crippen molar-refractivity contribution in [3.63, 3.8) is 0 Å². The van der Waals surface area contributed by atoms with Crippen LogP contribution in [0.2, 0.25) is 0 Å². The fourth-order valence-corrected chi connectivity index (χ4v) is 5.05. The molecule has 190 valence electrons. The zero-order valence-electron chi connectivity index (χ0n) is 19.8. The van der Waals surface area contributed by atoms with E-state index in [0.717, 1.165) is 29.5 Å². The molecule has 13 heteroatoms. The first-order chi connectivity index (χ1) is 17.5. The van der Waals surface area contributed by atoms with Crippen LogP contribution in [0.15, 0.2) is 57.5 Å². The average Bonchev–Trinajstić information content (AvgIpc) is 3.14. The number of benzene rings is 2. The van der Waals surface area contributed by atoms with Crippen molar-refractivity contribution < 1.29 is 24.5 Å². The van der Waals surface area contributed by atoms with Crippen molar-refractivity contribution in [3.05, 3.63) is 104 Å². The number of phenols is 1. The van der Waals surface area contributed by atoms with Crippen LogP contribution >= 0.6 is 11.3 Å². The minimum atomic E-state index is -1.07. The molecule has 12 nitrogen and oxygen atoms in total. The lowest BCUT2D eigenvalue weighted by molar-refractivity contribution is -0.385. The van der Waals surface area contributed by atoms with Gasteiger partial charge in [-0.1, -0.05) is 23.5 Å². The summed E-state index contributed by atoms with van der Waals surface area (Å²) in [6.45, 7) is 4.84. The molecule has 1 aliphatic rings. The summed E-state index contributed by atoms with van der Waals surface area (Å²) < 4.78 is 6.52. The normalized spacial score (nSPS) is 15.2. The minimum absolute atomic E-state index is 0.0447. The van der Waals surface area contributed by atoms with Gasteiger partial charge in [-0.2, -0.15) is 0 Å². The maximum absolute atomic E-state index is 13.6. The van der Waals surface area contributed by atoms with E-state index in [1.807, 2.05) is 0 Å². The highest BCUT2D eigenvalue weighted by atomic mass is 32.1. The molecule has 1 N–H and O–H groups in total. The lowest BCUT2D eigenvalue weighted by Gasteiger charge is -2.24. The van der Waals surface area contributed by atoms with Gasteiger partial charge in [0.1, 0.15) is 5.75 Å². The standard InChI is InChI=1S/C24H20N4O8S/c1-4-36-23(31)20-13(3)25-24-26(21(20)14-6-5-12(2)17(10-14)28(34)35)22(30)19(37-24)11-15-9-16(27(32)33)7-8-18(15)29/h5-11,21,29H,4H2,1-3H3/b19-11+/t21-/m1/s1. The molecule has 1 aliphatic heterocycles. The molecule has 0 aliphatic carbocycles. The molecule has 0 bridgehead atoms. The number of fused-ring (bicyclic) bond motifs is 1. The van der Waals surface area contributed by atoms with Crippen LogP contribution in [0.1, 0.15) is 36.6 Å². The fraction of sp³-hybridized carbons (Fsp3) is 0.208. The van der Waals surface area contributed by atoms with Crippen molar-refractivity contribution in [3.8, 4) is 5.75 Å². The predicted molar refractivity (Wildman–Crippen MR) is 133 cm³/mol. The topological polar surface area (TPSA) is 167 Å². The number of nitrogens with zero attached hydrogens (tertiary/aromatic N) is 4. The first-order valence-corrected chi connectivity index (χ1v) is 11.8. The molecule has 0 amide bonds. The number of aryl methyl sites for hydroxylation is 1. The van der Waals surface area contributed by atoms with Crippen molar-refractivity contribution in [1.82, 2.24) is 4.57 Å².